The van der Waals surface area contributed by atoms with Crippen molar-refractivity contribution in [2.24, 2.45) is 0 Å². The monoisotopic (exact) mass is 216 g/mol. The molecule has 6 heteroatoms. The average Bonchev–Trinajstić information content (AvgIpc) is 2.11. The van der Waals surface area contributed by atoms with Crippen molar-refractivity contribution in [1.29, 1.82) is 0 Å². The Morgan fingerprint density at radius 3 is 2.93 bits per heavy atom. The molecular weight excluding hydrogens is 208 g/mol. The normalized spacial score (nSPS) is 9.86. The van der Waals surface area contributed by atoms with Crippen LogP contribution in [0, 0.1) is 0 Å². The fourth-order valence-corrected chi connectivity index (χ4v) is 1.02. The summed E-state index contributed by atoms with van der Waals surface area (Å²) in [4.78, 5) is 14.5. The van der Waals surface area contributed by atoms with E-state index in [1.165, 1.54) is 6.07 Å². The molecule has 14 heavy (non-hydrogen) atoms. The van der Waals surface area contributed by atoms with Crippen LogP contribution in [0.25, 0.3) is 0 Å². The van der Waals surface area contributed by atoms with Crippen LogP contribution in [0.15, 0.2) is 6.07 Å². The lowest BCUT2D eigenvalue weighted by atomic mass is 10.2. The lowest BCUT2D eigenvalue weighted by Gasteiger charge is -2.07. The van der Waals surface area contributed by atoms with Crippen molar-refractivity contribution >= 4 is 23.3 Å². The van der Waals surface area contributed by atoms with Crippen LogP contribution in [-0.4, -0.2) is 22.7 Å². The third-order valence-electron chi connectivity index (χ3n) is 1.48. The summed E-state index contributed by atoms with van der Waals surface area (Å²) in [6, 6.07) is 1.22. The molecule has 0 radical (unpaired) electrons. The Kier molecular flexibility index (Phi) is 3.14. The van der Waals surface area contributed by atoms with Gasteiger partial charge in [0.15, 0.2) is 5.15 Å². The fraction of sp³-hybridized carbons (Fsp3) is 0.250. The summed E-state index contributed by atoms with van der Waals surface area (Å²) in [7, 11) is 0. The molecule has 0 saturated carbocycles. The molecule has 1 aromatic rings. The van der Waals surface area contributed by atoms with Crippen LogP contribution in [-0.2, 0) is 0 Å². The van der Waals surface area contributed by atoms with Crippen LogP contribution in [0.1, 0.15) is 17.3 Å². The van der Waals surface area contributed by atoms with Crippen LogP contribution in [0.5, 0.6) is 5.88 Å². The summed E-state index contributed by atoms with van der Waals surface area (Å²) in [5, 5.41) is 8.83. The van der Waals surface area contributed by atoms with Gasteiger partial charge in [0.1, 0.15) is 5.56 Å². The summed E-state index contributed by atoms with van der Waals surface area (Å²) in [6.45, 7) is 2.03. The van der Waals surface area contributed by atoms with E-state index in [9.17, 15) is 4.79 Å². The van der Waals surface area contributed by atoms with Crippen molar-refractivity contribution in [3.8, 4) is 5.88 Å². The number of halogens is 1. The SMILES string of the molecule is CCOc1nc(Cl)c(N)cc1C(=O)O. The molecule has 0 unspecified atom stereocenters. The third-order valence-corrected chi connectivity index (χ3v) is 1.78. The van der Waals surface area contributed by atoms with Crippen LogP contribution >= 0.6 is 11.6 Å². The Morgan fingerprint density at radius 2 is 2.43 bits per heavy atom. The lowest BCUT2D eigenvalue weighted by molar-refractivity contribution is 0.0691. The second-order valence-corrected chi connectivity index (χ2v) is 2.82. The second-order valence-electron chi connectivity index (χ2n) is 2.46. The maximum absolute atomic E-state index is 10.7. The molecule has 0 atom stereocenters. The largest absolute Gasteiger partial charge is 0.477 e. The van der Waals surface area contributed by atoms with Gasteiger partial charge in [-0.25, -0.2) is 4.79 Å². The molecule has 0 aliphatic rings. The lowest BCUT2D eigenvalue weighted by Crippen LogP contribution is -2.06. The smallest absolute Gasteiger partial charge is 0.341 e. The number of aromatic carboxylic acids is 1. The number of carboxylic acids is 1. The number of nitrogens with zero attached hydrogens (tertiary/aromatic N) is 1. The van der Waals surface area contributed by atoms with Gasteiger partial charge in [0, 0.05) is 0 Å². The molecule has 5 nitrogen and oxygen atoms in total. The number of nitrogens with two attached hydrogens (primary N) is 1. The van der Waals surface area contributed by atoms with Crippen molar-refractivity contribution < 1.29 is 14.6 Å². The first kappa shape index (κ1) is 10.6. The number of rotatable bonds is 3. The molecule has 0 aliphatic heterocycles. The Hall–Kier alpha value is -1.49. The van der Waals surface area contributed by atoms with Gasteiger partial charge in [-0.05, 0) is 13.0 Å². The third kappa shape index (κ3) is 2.05. The highest BCUT2D eigenvalue weighted by Gasteiger charge is 2.15. The average molecular weight is 217 g/mol. The Bertz CT molecular complexity index is 368. The maximum atomic E-state index is 10.7. The number of nitrogen functional groups attached to an aromatic ring is 1. The van der Waals surface area contributed by atoms with Gasteiger partial charge in [-0.15, -0.1) is 0 Å². The van der Waals surface area contributed by atoms with Gasteiger partial charge in [0.05, 0.1) is 12.3 Å². The summed E-state index contributed by atoms with van der Waals surface area (Å²) in [6.07, 6.45) is 0. The fourth-order valence-electron chi connectivity index (χ4n) is 0.891. The molecule has 0 aliphatic carbocycles. The Morgan fingerprint density at radius 1 is 1.79 bits per heavy atom. The molecule has 0 bridgehead atoms. The highest BCUT2D eigenvalue weighted by molar-refractivity contribution is 6.32. The van der Waals surface area contributed by atoms with Gasteiger partial charge in [-0.2, -0.15) is 4.98 Å². The molecule has 1 rings (SSSR count). The zero-order valence-electron chi connectivity index (χ0n) is 7.45. The standard InChI is InChI=1S/C8H9ClN2O3/c1-2-14-7-4(8(12)13)3-5(10)6(9)11-7/h3H,2,10H2,1H3,(H,12,13). The van der Waals surface area contributed by atoms with Crippen molar-refractivity contribution in [2.75, 3.05) is 12.3 Å². The van der Waals surface area contributed by atoms with Gasteiger partial charge in [0.25, 0.3) is 0 Å². The van der Waals surface area contributed by atoms with E-state index >= 15 is 0 Å². The van der Waals surface area contributed by atoms with E-state index in [1.807, 2.05) is 0 Å². The zero-order chi connectivity index (χ0) is 10.7. The topological polar surface area (TPSA) is 85.4 Å². The summed E-state index contributed by atoms with van der Waals surface area (Å²) in [5.74, 6) is -1.16. The number of hydrogen-bond donors (Lipinski definition) is 2. The zero-order valence-corrected chi connectivity index (χ0v) is 8.21. The summed E-state index contributed by atoms with van der Waals surface area (Å²) >= 11 is 5.62. The Labute approximate surface area is 85.5 Å². The van der Waals surface area contributed by atoms with Crippen molar-refractivity contribution in [3.05, 3.63) is 16.8 Å². The molecule has 0 fully saturated rings. The number of pyridine rings is 1. The number of aromatic nitrogens is 1. The van der Waals surface area contributed by atoms with Gasteiger partial charge in [-0.1, -0.05) is 11.6 Å². The molecule has 0 spiro atoms. The highest BCUT2D eigenvalue weighted by Crippen LogP contribution is 2.24. The minimum absolute atomic E-state index is 0.0146. The number of carboxylic acid groups (broad SMARTS) is 1. The highest BCUT2D eigenvalue weighted by atomic mass is 35.5. The van der Waals surface area contributed by atoms with E-state index in [1.54, 1.807) is 6.92 Å². The first-order chi connectivity index (χ1) is 6.56. The summed E-state index contributed by atoms with van der Waals surface area (Å²) < 4.78 is 5.00. The number of ether oxygens (including phenoxy) is 1. The van der Waals surface area contributed by atoms with E-state index < -0.39 is 5.97 Å². The van der Waals surface area contributed by atoms with E-state index in [-0.39, 0.29) is 22.3 Å². The van der Waals surface area contributed by atoms with Gasteiger partial charge in [-0.3, -0.25) is 0 Å². The molecule has 0 aromatic carbocycles. The molecule has 1 aromatic heterocycles. The van der Waals surface area contributed by atoms with Gasteiger partial charge >= 0.3 is 5.97 Å². The second kappa shape index (κ2) is 4.15. The number of hydrogen-bond acceptors (Lipinski definition) is 4. The van der Waals surface area contributed by atoms with Crippen LogP contribution in [0.3, 0.4) is 0 Å². The first-order valence-electron chi connectivity index (χ1n) is 3.88. The quantitative estimate of drug-likeness (QED) is 0.747. The number of anilines is 1. The van der Waals surface area contributed by atoms with Gasteiger partial charge in [0.2, 0.25) is 5.88 Å². The van der Waals surface area contributed by atoms with Crippen LogP contribution in [0.4, 0.5) is 5.69 Å². The molecular formula is C8H9ClN2O3. The maximum Gasteiger partial charge on any atom is 0.341 e. The molecule has 0 amide bonds. The van der Waals surface area contributed by atoms with Crippen LogP contribution < -0.4 is 10.5 Å². The minimum atomic E-state index is -1.15. The van der Waals surface area contributed by atoms with Crippen molar-refractivity contribution in [1.82, 2.24) is 4.98 Å². The van der Waals surface area contributed by atoms with Gasteiger partial charge < -0.3 is 15.6 Å². The summed E-state index contributed by atoms with van der Waals surface area (Å²) in [5.41, 5.74) is 5.44. The van der Waals surface area contributed by atoms with Crippen molar-refractivity contribution in [2.45, 2.75) is 6.92 Å². The predicted molar refractivity (Wildman–Crippen MR) is 51.8 cm³/mol. The minimum Gasteiger partial charge on any atom is -0.477 e. The molecule has 1 heterocycles. The first-order valence-corrected chi connectivity index (χ1v) is 4.26. The van der Waals surface area contributed by atoms with E-state index in [0.29, 0.717) is 6.61 Å². The Balaban J connectivity index is 3.24. The predicted octanol–water partition coefficient (Wildman–Crippen LogP) is 1.41. The number of carbonyl (C=O) groups is 1. The van der Waals surface area contributed by atoms with E-state index in [4.69, 9.17) is 27.2 Å². The molecule has 0 saturated heterocycles. The van der Waals surface area contributed by atoms with Crippen molar-refractivity contribution in [3.63, 3.8) is 0 Å². The molecule has 3 N–H and O–H groups in total. The molecule has 76 valence electrons. The van der Waals surface area contributed by atoms with E-state index in [2.05, 4.69) is 4.98 Å². The van der Waals surface area contributed by atoms with Crippen LogP contribution in [0.2, 0.25) is 5.15 Å². The van der Waals surface area contributed by atoms with E-state index in [0.717, 1.165) is 0 Å².